The largest absolute Gasteiger partial charge is 0.390 e. The molecule has 2 aromatic carbocycles. The van der Waals surface area contributed by atoms with Gasteiger partial charge in [-0.25, -0.2) is 0 Å². The smallest absolute Gasteiger partial charge is 0.265 e. The number of carbonyl (C=O) groups excluding carboxylic acids is 3. The standard InChI is InChI=1S/C26H24Cl2N4O4S/c27-16-4-6-17(7-5-16)31-12-10-30(11-13-31)14-18(33)15-32-25(35)19-2-1-3-20(23(19)26(32)36)29-24(34)21-8-9-22(28)37-21/h1-9,18,33H,10-15H2,(H,29,34). The summed E-state index contributed by atoms with van der Waals surface area (Å²) >= 11 is 13.0. The van der Waals surface area contributed by atoms with Crippen LogP contribution in [0.3, 0.4) is 0 Å². The highest BCUT2D eigenvalue weighted by Gasteiger charge is 2.39. The number of imide groups is 1. The summed E-state index contributed by atoms with van der Waals surface area (Å²) in [7, 11) is 0. The Morgan fingerprint density at radius 3 is 2.35 bits per heavy atom. The maximum absolute atomic E-state index is 13.2. The van der Waals surface area contributed by atoms with Crippen molar-refractivity contribution in [2.24, 2.45) is 0 Å². The number of aliphatic hydroxyl groups is 1. The molecular formula is C26H24Cl2N4O4S. The van der Waals surface area contributed by atoms with E-state index in [0.717, 1.165) is 48.1 Å². The molecule has 0 aliphatic carbocycles. The quantitative estimate of drug-likeness (QED) is 0.424. The number of anilines is 2. The summed E-state index contributed by atoms with van der Waals surface area (Å²) < 4.78 is 0.473. The van der Waals surface area contributed by atoms with Crippen LogP contribution in [0.5, 0.6) is 0 Å². The molecule has 1 fully saturated rings. The van der Waals surface area contributed by atoms with E-state index in [1.165, 1.54) is 0 Å². The van der Waals surface area contributed by atoms with Crippen molar-refractivity contribution in [2.75, 3.05) is 49.5 Å². The normalized spacial score (nSPS) is 16.7. The molecule has 1 aromatic heterocycles. The van der Waals surface area contributed by atoms with Gasteiger partial charge in [-0.2, -0.15) is 0 Å². The van der Waals surface area contributed by atoms with Crippen molar-refractivity contribution in [3.05, 3.63) is 80.0 Å². The Morgan fingerprint density at radius 1 is 0.946 bits per heavy atom. The number of hydrogen-bond acceptors (Lipinski definition) is 7. The molecule has 37 heavy (non-hydrogen) atoms. The van der Waals surface area contributed by atoms with Crippen molar-refractivity contribution in [3.63, 3.8) is 0 Å². The summed E-state index contributed by atoms with van der Waals surface area (Å²) in [6.45, 7) is 3.28. The number of rotatable bonds is 7. The van der Waals surface area contributed by atoms with Gasteiger partial charge in [0, 0.05) is 43.4 Å². The molecular weight excluding hydrogens is 535 g/mol. The molecule has 2 aliphatic heterocycles. The molecule has 1 saturated heterocycles. The van der Waals surface area contributed by atoms with Crippen LogP contribution in [-0.4, -0.2) is 78.0 Å². The fourth-order valence-electron chi connectivity index (χ4n) is 4.63. The zero-order valence-electron chi connectivity index (χ0n) is 19.7. The topological polar surface area (TPSA) is 93.2 Å². The van der Waals surface area contributed by atoms with Gasteiger partial charge >= 0.3 is 0 Å². The van der Waals surface area contributed by atoms with Crippen LogP contribution < -0.4 is 10.2 Å². The zero-order chi connectivity index (χ0) is 26.1. The van der Waals surface area contributed by atoms with Gasteiger partial charge in [0.25, 0.3) is 17.7 Å². The molecule has 2 aliphatic rings. The molecule has 1 atom stereocenters. The van der Waals surface area contributed by atoms with E-state index in [2.05, 4.69) is 15.1 Å². The Morgan fingerprint density at radius 2 is 1.68 bits per heavy atom. The van der Waals surface area contributed by atoms with Crippen LogP contribution in [-0.2, 0) is 0 Å². The Bertz CT molecular complexity index is 1340. The van der Waals surface area contributed by atoms with Gasteiger partial charge in [-0.1, -0.05) is 29.3 Å². The van der Waals surface area contributed by atoms with Crippen molar-refractivity contribution in [1.82, 2.24) is 9.80 Å². The third kappa shape index (κ3) is 5.51. The van der Waals surface area contributed by atoms with Gasteiger partial charge < -0.3 is 15.3 Å². The number of piperazine rings is 1. The van der Waals surface area contributed by atoms with Crippen LogP contribution >= 0.6 is 34.5 Å². The highest BCUT2D eigenvalue weighted by Crippen LogP contribution is 2.31. The number of benzene rings is 2. The third-order valence-electron chi connectivity index (χ3n) is 6.47. The fourth-order valence-corrected chi connectivity index (χ4v) is 5.70. The Balaban J connectivity index is 1.19. The van der Waals surface area contributed by atoms with Gasteiger partial charge in [0.1, 0.15) is 0 Å². The average molecular weight is 559 g/mol. The summed E-state index contributed by atoms with van der Waals surface area (Å²) in [5.41, 5.74) is 1.68. The highest BCUT2D eigenvalue weighted by molar-refractivity contribution is 7.18. The van der Waals surface area contributed by atoms with Crippen molar-refractivity contribution in [3.8, 4) is 0 Å². The van der Waals surface area contributed by atoms with Crippen LogP contribution in [0.1, 0.15) is 30.4 Å². The zero-order valence-corrected chi connectivity index (χ0v) is 22.0. The van der Waals surface area contributed by atoms with Crippen molar-refractivity contribution < 1.29 is 19.5 Å². The molecule has 3 amide bonds. The molecule has 5 rings (SSSR count). The lowest BCUT2D eigenvalue weighted by molar-refractivity contribution is 0.0469. The fraction of sp³-hybridized carbons (Fsp3) is 0.269. The number of β-amino-alcohol motifs (C(OH)–C–C–N with tert-alkyl or cyclic N) is 1. The first-order chi connectivity index (χ1) is 17.8. The SMILES string of the molecule is O=C(Nc1cccc2c1C(=O)N(CC(O)CN1CCN(c3ccc(Cl)cc3)CC1)C2=O)c1ccc(Cl)s1. The molecule has 3 heterocycles. The molecule has 192 valence electrons. The molecule has 0 spiro atoms. The minimum absolute atomic E-state index is 0.127. The van der Waals surface area contributed by atoms with Gasteiger partial charge in [0.15, 0.2) is 0 Å². The molecule has 8 nitrogen and oxygen atoms in total. The molecule has 0 saturated carbocycles. The number of hydrogen-bond donors (Lipinski definition) is 2. The summed E-state index contributed by atoms with van der Waals surface area (Å²) in [4.78, 5) is 44.6. The first-order valence-electron chi connectivity index (χ1n) is 11.8. The van der Waals surface area contributed by atoms with Crippen LogP contribution in [0, 0.1) is 0 Å². The van der Waals surface area contributed by atoms with Crippen LogP contribution in [0.15, 0.2) is 54.6 Å². The van der Waals surface area contributed by atoms with Gasteiger partial charge in [0.2, 0.25) is 0 Å². The lowest BCUT2D eigenvalue weighted by Crippen LogP contribution is -2.50. The van der Waals surface area contributed by atoms with Crippen LogP contribution in [0.2, 0.25) is 9.36 Å². The van der Waals surface area contributed by atoms with E-state index in [9.17, 15) is 19.5 Å². The van der Waals surface area contributed by atoms with E-state index in [1.807, 2.05) is 24.3 Å². The first-order valence-corrected chi connectivity index (χ1v) is 13.3. The second-order valence-electron chi connectivity index (χ2n) is 8.92. The van der Waals surface area contributed by atoms with Gasteiger partial charge in [-0.15, -0.1) is 11.3 Å². The molecule has 2 N–H and O–H groups in total. The minimum Gasteiger partial charge on any atom is -0.390 e. The first kappa shape index (κ1) is 25.7. The number of amides is 3. The van der Waals surface area contributed by atoms with E-state index in [4.69, 9.17) is 23.2 Å². The van der Waals surface area contributed by atoms with E-state index >= 15 is 0 Å². The lowest BCUT2D eigenvalue weighted by atomic mass is 10.1. The Kier molecular flexibility index (Phi) is 7.50. The predicted molar refractivity (Wildman–Crippen MR) is 145 cm³/mol. The second-order valence-corrected chi connectivity index (χ2v) is 11.1. The average Bonchev–Trinajstić information content (AvgIpc) is 3.43. The highest BCUT2D eigenvalue weighted by atomic mass is 35.5. The Hall–Kier alpha value is -2.95. The van der Waals surface area contributed by atoms with E-state index in [1.54, 1.807) is 30.3 Å². The Labute approximate surface area is 228 Å². The summed E-state index contributed by atoms with van der Waals surface area (Å²) in [6.07, 6.45) is -0.907. The molecule has 0 bridgehead atoms. The van der Waals surface area contributed by atoms with Crippen molar-refractivity contribution >= 4 is 63.6 Å². The molecule has 11 heteroatoms. The van der Waals surface area contributed by atoms with E-state index < -0.39 is 23.8 Å². The molecule has 3 aromatic rings. The summed E-state index contributed by atoms with van der Waals surface area (Å²) in [5.74, 6) is -1.43. The van der Waals surface area contributed by atoms with E-state index in [0.29, 0.717) is 20.8 Å². The van der Waals surface area contributed by atoms with Crippen LogP contribution in [0.4, 0.5) is 11.4 Å². The van der Waals surface area contributed by atoms with Gasteiger partial charge in [-0.05, 0) is 48.5 Å². The summed E-state index contributed by atoms with van der Waals surface area (Å²) in [6, 6.07) is 15.7. The third-order valence-corrected chi connectivity index (χ3v) is 7.95. The van der Waals surface area contributed by atoms with E-state index in [-0.39, 0.29) is 23.4 Å². The minimum atomic E-state index is -0.907. The van der Waals surface area contributed by atoms with Crippen molar-refractivity contribution in [1.29, 1.82) is 0 Å². The number of halogens is 2. The number of nitrogens with zero attached hydrogens (tertiary/aromatic N) is 3. The summed E-state index contributed by atoms with van der Waals surface area (Å²) in [5, 5.41) is 14.2. The lowest BCUT2D eigenvalue weighted by Gasteiger charge is -2.37. The maximum atomic E-state index is 13.2. The maximum Gasteiger partial charge on any atom is 0.265 e. The number of nitrogens with one attached hydrogen (secondary N) is 1. The van der Waals surface area contributed by atoms with Crippen molar-refractivity contribution in [2.45, 2.75) is 6.10 Å². The number of carbonyl (C=O) groups is 3. The number of thiophene rings is 1. The van der Waals surface area contributed by atoms with Gasteiger partial charge in [0.05, 0.1) is 38.7 Å². The number of fused-ring (bicyclic) bond motifs is 1. The van der Waals surface area contributed by atoms with Gasteiger partial charge in [-0.3, -0.25) is 24.2 Å². The van der Waals surface area contributed by atoms with Crippen LogP contribution in [0.25, 0.3) is 0 Å². The molecule has 0 radical (unpaired) electrons. The second kappa shape index (κ2) is 10.8. The monoisotopic (exact) mass is 558 g/mol. The predicted octanol–water partition coefficient (Wildman–Crippen LogP) is 4.09. The number of aliphatic hydroxyl groups excluding tert-OH is 1. The molecule has 1 unspecified atom stereocenters.